The second-order valence-electron chi connectivity index (χ2n) is 3.52. The average molecular weight is 177 g/mol. The van der Waals surface area contributed by atoms with Gasteiger partial charge in [-0.15, -0.1) is 0 Å². The van der Waals surface area contributed by atoms with Gasteiger partial charge >= 0.3 is 0 Å². The maximum atomic E-state index is 11.2. The van der Waals surface area contributed by atoms with Crippen LogP contribution in [0.4, 0.5) is 5.69 Å². The lowest BCUT2D eigenvalue weighted by atomic mass is 9.97. The van der Waals surface area contributed by atoms with Gasteiger partial charge in [0, 0.05) is 11.3 Å². The van der Waals surface area contributed by atoms with Crippen molar-refractivity contribution in [1.29, 1.82) is 0 Å². The molecule has 2 N–H and O–H groups in total. The van der Waals surface area contributed by atoms with E-state index < -0.39 is 0 Å². The van der Waals surface area contributed by atoms with Gasteiger partial charge in [0.05, 0.1) is 0 Å². The van der Waals surface area contributed by atoms with Crippen LogP contribution in [0, 0.1) is 0 Å². The molecule has 13 heavy (non-hydrogen) atoms. The molecule has 0 bridgehead atoms. The number of hydrogen-bond donors (Lipinski definition) is 1. The summed E-state index contributed by atoms with van der Waals surface area (Å²) in [5, 5.41) is 0. The van der Waals surface area contributed by atoms with E-state index in [2.05, 4.69) is 13.8 Å². The lowest BCUT2D eigenvalue weighted by Crippen LogP contribution is -2.04. The fourth-order valence-corrected chi connectivity index (χ4v) is 1.39. The minimum Gasteiger partial charge on any atom is -0.398 e. The van der Waals surface area contributed by atoms with E-state index in [1.54, 1.807) is 6.07 Å². The number of ketones is 1. The van der Waals surface area contributed by atoms with Crippen molar-refractivity contribution < 1.29 is 4.79 Å². The standard InChI is InChI=1S/C11H15NO/c1-7(2)9-5-4-6-10(8(3)13)11(9)12/h4-7H,12H2,1-3H3. The van der Waals surface area contributed by atoms with Crippen LogP contribution in [0.1, 0.15) is 42.6 Å². The highest BCUT2D eigenvalue weighted by Crippen LogP contribution is 2.24. The lowest BCUT2D eigenvalue weighted by Gasteiger charge is -2.11. The Balaban J connectivity index is 3.26. The highest BCUT2D eigenvalue weighted by atomic mass is 16.1. The van der Waals surface area contributed by atoms with E-state index in [-0.39, 0.29) is 5.78 Å². The zero-order valence-corrected chi connectivity index (χ0v) is 8.29. The SMILES string of the molecule is CC(=O)c1cccc(C(C)C)c1N. The monoisotopic (exact) mass is 177 g/mol. The molecule has 0 radical (unpaired) electrons. The molecule has 0 heterocycles. The van der Waals surface area contributed by atoms with Gasteiger partial charge in [-0.25, -0.2) is 0 Å². The van der Waals surface area contributed by atoms with Gasteiger partial charge in [-0.3, -0.25) is 4.79 Å². The minimum absolute atomic E-state index is 0.0278. The summed E-state index contributed by atoms with van der Waals surface area (Å²) in [6.45, 7) is 5.67. The number of benzene rings is 1. The Bertz CT molecular complexity index is 329. The molecule has 0 spiro atoms. The second-order valence-corrected chi connectivity index (χ2v) is 3.52. The van der Waals surface area contributed by atoms with E-state index >= 15 is 0 Å². The number of carbonyl (C=O) groups excluding carboxylic acids is 1. The smallest absolute Gasteiger partial charge is 0.161 e. The number of rotatable bonds is 2. The molecule has 0 aliphatic carbocycles. The van der Waals surface area contributed by atoms with E-state index in [1.165, 1.54) is 6.92 Å². The first-order chi connectivity index (χ1) is 6.04. The first-order valence-corrected chi connectivity index (χ1v) is 4.43. The third-order valence-corrected chi connectivity index (χ3v) is 2.14. The van der Waals surface area contributed by atoms with E-state index in [0.29, 0.717) is 17.2 Å². The van der Waals surface area contributed by atoms with Gasteiger partial charge in [-0.1, -0.05) is 26.0 Å². The van der Waals surface area contributed by atoms with Crippen molar-refractivity contribution in [2.45, 2.75) is 26.7 Å². The second kappa shape index (κ2) is 3.60. The molecule has 2 nitrogen and oxygen atoms in total. The van der Waals surface area contributed by atoms with Crippen LogP contribution in [-0.4, -0.2) is 5.78 Å². The Hall–Kier alpha value is -1.31. The van der Waals surface area contributed by atoms with E-state index in [9.17, 15) is 4.79 Å². The largest absolute Gasteiger partial charge is 0.398 e. The Morgan fingerprint density at radius 3 is 2.46 bits per heavy atom. The average Bonchev–Trinajstić information content (AvgIpc) is 2.03. The van der Waals surface area contributed by atoms with Crippen molar-refractivity contribution >= 4 is 11.5 Å². The van der Waals surface area contributed by atoms with Gasteiger partial charge < -0.3 is 5.73 Å². The summed E-state index contributed by atoms with van der Waals surface area (Å²) in [4.78, 5) is 11.2. The molecule has 1 rings (SSSR count). The molecule has 0 atom stereocenters. The lowest BCUT2D eigenvalue weighted by molar-refractivity contribution is 0.101. The van der Waals surface area contributed by atoms with Crippen molar-refractivity contribution in [2.75, 3.05) is 5.73 Å². The summed E-state index contributed by atoms with van der Waals surface area (Å²) in [6.07, 6.45) is 0. The molecule has 1 aromatic rings. The summed E-state index contributed by atoms with van der Waals surface area (Å²) in [6, 6.07) is 5.61. The van der Waals surface area contributed by atoms with Crippen LogP contribution in [0.25, 0.3) is 0 Å². The minimum atomic E-state index is 0.0278. The van der Waals surface area contributed by atoms with Crippen molar-refractivity contribution in [3.8, 4) is 0 Å². The molecule has 2 heteroatoms. The molecule has 0 aliphatic heterocycles. The molecule has 0 fully saturated rings. The number of carbonyl (C=O) groups is 1. The van der Waals surface area contributed by atoms with Gasteiger partial charge in [0.15, 0.2) is 5.78 Å². The molecule has 0 unspecified atom stereocenters. The zero-order valence-electron chi connectivity index (χ0n) is 8.29. The zero-order chi connectivity index (χ0) is 10.0. The van der Waals surface area contributed by atoms with Crippen LogP contribution >= 0.6 is 0 Å². The summed E-state index contributed by atoms with van der Waals surface area (Å²) >= 11 is 0. The van der Waals surface area contributed by atoms with Gasteiger partial charge in [0.1, 0.15) is 0 Å². The van der Waals surface area contributed by atoms with Crippen molar-refractivity contribution in [1.82, 2.24) is 0 Å². The summed E-state index contributed by atoms with van der Waals surface area (Å²) in [7, 11) is 0. The first kappa shape index (κ1) is 9.78. The highest BCUT2D eigenvalue weighted by Gasteiger charge is 2.10. The molecule has 0 aliphatic rings. The molecule has 0 aromatic heterocycles. The fourth-order valence-electron chi connectivity index (χ4n) is 1.39. The highest BCUT2D eigenvalue weighted by molar-refractivity contribution is 5.99. The summed E-state index contributed by atoms with van der Waals surface area (Å²) < 4.78 is 0. The maximum absolute atomic E-state index is 11.2. The van der Waals surface area contributed by atoms with Gasteiger partial charge in [-0.05, 0) is 24.5 Å². The molecule has 0 amide bonds. The predicted octanol–water partition coefficient (Wildman–Crippen LogP) is 2.59. The molecule has 0 saturated heterocycles. The Kier molecular flexibility index (Phi) is 2.71. The molecule has 1 aromatic carbocycles. The number of hydrogen-bond acceptors (Lipinski definition) is 2. The van der Waals surface area contributed by atoms with E-state index in [0.717, 1.165) is 5.56 Å². The van der Waals surface area contributed by atoms with Gasteiger partial charge in [-0.2, -0.15) is 0 Å². The van der Waals surface area contributed by atoms with Crippen molar-refractivity contribution in [3.05, 3.63) is 29.3 Å². The van der Waals surface area contributed by atoms with Gasteiger partial charge in [0.2, 0.25) is 0 Å². The molecular formula is C11H15NO. The normalized spacial score (nSPS) is 10.5. The number of anilines is 1. The molecule has 0 saturated carbocycles. The first-order valence-electron chi connectivity index (χ1n) is 4.43. The topological polar surface area (TPSA) is 43.1 Å². The quantitative estimate of drug-likeness (QED) is 0.557. The fraction of sp³-hybridized carbons (Fsp3) is 0.364. The summed E-state index contributed by atoms with van der Waals surface area (Å²) in [5.41, 5.74) is 8.17. The number of nitrogens with two attached hydrogens (primary N) is 1. The molecular weight excluding hydrogens is 162 g/mol. The third kappa shape index (κ3) is 1.89. The van der Waals surface area contributed by atoms with Crippen LogP contribution in [0.3, 0.4) is 0 Å². The predicted molar refractivity (Wildman–Crippen MR) is 54.9 cm³/mol. The van der Waals surface area contributed by atoms with E-state index in [1.807, 2.05) is 12.1 Å². The Morgan fingerprint density at radius 2 is 2.00 bits per heavy atom. The van der Waals surface area contributed by atoms with Gasteiger partial charge in [0.25, 0.3) is 0 Å². The maximum Gasteiger partial charge on any atom is 0.161 e. The number of Topliss-reactive ketones (excluding diaryl/α,β-unsaturated/α-hetero) is 1. The van der Waals surface area contributed by atoms with Crippen LogP contribution in [0.2, 0.25) is 0 Å². The van der Waals surface area contributed by atoms with Crippen LogP contribution in [-0.2, 0) is 0 Å². The Morgan fingerprint density at radius 1 is 1.38 bits per heavy atom. The van der Waals surface area contributed by atoms with Crippen LogP contribution in [0.5, 0.6) is 0 Å². The van der Waals surface area contributed by atoms with Crippen molar-refractivity contribution in [2.24, 2.45) is 0 Å². The van der Waals surface area contributed by atoms with Crippen LogP contribution < -0.4 is 5.73 Å². The number of para-hydroxylation sites is 1. The summed E-state index contributed by atoms with van der Waals surface area (Å²) in [5.74, 6) is 0.388. The Labute approximate surface area is 78.8 Å². The molecule has 70 valence electrons. The van der Waals surface area contributed by atoms with Crippen LogP contribution in [0.15, 0.2) is 18.2 Å². The number of nitrogen functional groups attached to an aromatic ring is 1. The van der Waals surface area contributed by atoms with Crippen molar-refractivity contribution in [3.63, 3.8) is 0 Å². The third-order valence-electron chi connectivity index (χ3n) is 2.14. The van der Waals surface area contributed by atoms with E-state index in [4.69, 9.17) is 5.73 Å².